The Morgan fingerprint density at radius 2 is 2.45 bits per heavy atom. The van der Waals surface area contributed by atoms with E-state index in [1.807, 2.05) is 19.1 Å². The van der Waals surface area contributed by atoms with Crippen LogP contribution in [0, 0.1) is 0 Å². The molecule has 1 atom stereocenters. The number of ketones is 1. The first-order chi connectivity index (χ1) is 5.11. The van der Waals surface area contributed by atoms with Crippen LogP contribution in [0.1, 0.15) is 13.3 Å². The summed E-state index contributed by atoms with van der Waals surface area (Å²) in [5.74, 6) is 0.446. The van der Waals surface area contributed by atoms with Gasteiger partial charge in [-0.25, -0.2) is 0 Å². The maximum absolute atomic E-state index is 11.2. The Kier molecular flexibility index (Phi) is 1.27. The lowest BCUT2D eigenvalue weighted by atomic mass is 10.0. The van der Waals surface area contributed by atoms with Gasteiger partial charge in [-0.15, -0.1) is 0 Å². The summed E-state index contributed by atoms with van der Waals surface area (Å²) in [6, 6.07) is 0. The monoisotopic (exact) mass is 214 g/mol. The van der Waals surface area contributed by atoms with E-state index in [2.05, 4.69) is 15.9 Å². The molecular weight excluding hydrogens is 208 g/mol. The summed E-state index contributed by atoms with van der Waals surface area (Å²) in [6.45, 7) is 1.96. The summed E-state index contributed by atoms with van der Waals surface area (Å²) in [6.07, 6.45) is 4.46. The topological polar surface area (TPSA) is 26.3 Å². The molecule has 0 N–H and O–H groups in total. The van der Waals surface area contributed by atoms with Gasteiger partial charge in [0.25, 0.3) is 0 Å². The lowest BCUT2D eigenvalue weighted by Crippen LogP contribution is -2.26. The van der Waals surface area contributed by atoms with Gasteiger partial charge in [0.2, 0.25) is 5.78 Å². The molecule has 0 aromatic rings. The van der Waals surface area contributed by atoms with Crippen LogP contribution < -0.4 is 0 Å². The Labute approximate surface area is 73.0 Å². The zero-order valence-corrected chi connectivity index (χ0v) is 7.64. The minimum Gasteiger partial charge on any atom is -0.479 e. The Bertz CT molecular complexity index is 290. The molecule has 0 radical (unpaired) electrons. The number of hydrogen-bond donors (Lipinski definition) is 0. The van der Waals surface area contributed by atoms with Gasteiger partial charge in [0.15, 0.2) is 5.76 Å². The van der Waals surface area contributed by atoms with Gasteiger partial charge in [0.1, 0.15) is 5.60 Å². The Hall–Kier alpha value is -0.570. The zero-order valence-electron chi connectivity index (χ0n) is 6.06. The second kappa shape index (κ2) is 1.97. The van der Waals surface area contributed by atoms with Crippen LogP contribution in [0.15, 0.2) is 22.4 Å². The van der Waals surface area contributed by atoms with Crippen LogP contribution in [0.2, 0.25) is 0 Å². The normalized spacial score (nSPS) is 34.5. The van der Waals surface area contributed by atoms with E-state index < -0.39 is 0 Å². The third-order valence-electron chi connectivity index (χ3n) is 1.91. The largest absolute Gasteiger partial charge is 0.479 e. The molecule has 2 nitrogen and oxygen atoms in total. The van der Waals surface area contributed by atoms with E-state index in [1.54, 1.807) is 0 Å². The highest BCUT2D eigenvalue weighted by molar-refractivity contribution is 9.12. The standard InChI is InChI=1S/C8H7BrO2/c1-8-3-2-6(11-8)7(10)5(9)4-8/h2,4H,3H2,1H3. The Morgan fingerprint density at radius 1 is 1.73 bits per heavy atom. The fourth-order valence-electron chi connectivity index (χ4n) is 1.31. The molecule has 3 heteroatoms. The summed E-state index contributed by atoms with van der Waals surface area (Å²) in [5.41, 5.74) is -0.276. The number of allylic oxidation sites excluding steroid dienone is 1. The van der Waals surface area contributed by atoms with E-state index in [0.29, 0.717) is 10.2 Å². The number of Topliss-reactive ketones (excluding diaryl/α,β-unsaturated/α-hetero) is 1. The lowest BCUT2D eigenvalue weighted by molar-refractivity contribution is -0.117. The predicted octanol–water partition coefficient (Wildman–Crippen LogP) is 1.91. The first kappa shape index (κ1) is 7.10. The Balaban J connectivity index is 2.50. The SMILES string of the molecule is CC12C=C(Br)C(=O)C(=CC1)O2. The molecule has 2 rings (SSSR count). The van der Waals surface area contributed by atoms with Crippen molar-refractivity contribution in [1.82, 2.24) is 0 Å². The third kappa shape index (κ3) is 0.948. The number of halogens is 1. The van der Waals surface area contributed by atoms with Crippen molar-refractivity contribution < 1.29 is 9.53 Å². The van der Waals surface area contributed by atoms with Crippen LogP contribution in [-0.4, -0.2) is 11.4 Å². The Morgan fingerprint density at radius 3 is 3.18 bits per heavy atom. The maximum Gasteiger partial charge on any atom is 0.234 e. The second-order valence-electron chi connectivity index (χ2n) is 3.01. The van der Waals surface area contributed by atoms with Gasteiger partial charge in [-0.2, -0.15) is 0 Å². The molecule has 0 aliphatic carbocycles. The zero-order chi connectivity index (χ0) is 8.06. The van der Waals surface area contributed by atoms with Crippen molar-refractivity contribution in [3.63, 3.8) is 0 Å². The first-order valence-corrected chi connectivity index (χ1v) is 4.22. The average Bonchev–Trinajstić information content (AvgIpc) is 2.25. The number of carbonyl (C=O) groups excluding carboxylic acids is 1. The summed E-state index contributed by atoms with van der Waals surface area (Å²) < 4.78 is 5.99. The van der Waals surface area contributed by atoms with Crippen LogP contribution in [0.4, 0.5) is 0 Å². The fraction of sp³-hybridized carbons (Fsp3) is 0.375. The van der Waals surface area contributed by atoms with Gasteiger partial charge in [-0.1, -0.05) is 0 Å². The molecule has 0 aromatic heterocycles. The molecular formula is C8H7BrO2. The van der Waals surface area contributed by atoms with Crippen LogP contribution in [0.25, 0.3) is 0 Å². The highest BCUT2D eigenvalue weighted by Crippen LogP contribution is 2.37. The number of hydrogen-bond acceptors (Lipinski definition) is 2. The molecule has 0 spiro atoms. The van der Waals surface area contributed by atoms with E-state index in [9.17, 15) is 4.79 Å². The summed E-state index contributed by atoms with van der Waals surface area (Å²) in [4.78, 5) is 11.2. The van der Waals surface area contributed by atoms with Gasteiger partial charge >= 0.3 is 0 Å². The van der Waals surface area contributed by atoms with Gasteiger partial charge in [-0.3, -0.25) is 4.79 Å². The predicted molar refractivity (Wildman–Crippen MR) is 44.2 cm³/mol. The third-order valence-corrected chi connectivity index (χ3v) is 2.50. The molecule has 0 saturated heterocycles. The molecule has 11 heavy (non-hydrogen) atoms. The lowest BCUT2D eigenvalue weighted by Gasteiger charge is -2.25. The van der Waals surface area contributed by atoms with E-state index >= 15 is 0 Å². The van der Waals surface area contributed by atoms with Crippen molar-refractivity contribution in [3.05, 3.63) is 22.4 Å². The molecule has 2 heterocycles. The van der Waals surface area contributed by atoms with Crippen LogP contribution in [0.5, 0.6) is 0 Å². The number of ether oxygens (including phenoxy) is 1. The molecule has 0 fully saturated rings. The van der Waals surface area contributed by atoms with Crippen LogP contribution >= 0.6 is 15.9 Å². The molecule has 2 bridgehead atoms. The van der Waals surface area contributed by atoms with Crippen molar-refractivity contribution in [2.24, 2.45) is 0 Å². The quantitative estimate of drug-likeness (QED) is 0.616. The molecule has 2 aliphatic rings. The summed E-state index contributed by atoms with van der Waals surface area (Å²) in [5, 5.41) is 0. The molecule has 0 aromatic carbocycles. The second-order valence-corrected chi connectivity index (χ2v) is 3.86. The van der Waals surface area contributed by atoms with Crippen molar-refractivity contribution in [3.8, 4) is 0 Å². The average molecular weight is 215 g/mol. The molecule has 58 valence electrons. The van der Waals surface area contributed by atoms with Crippen molar-refractivity contribution in [1.29, 1.82) is 0 Å². The van der Waals surface area contributed by atoms with E-state index in [4.69, 9.17) is 4.74 Å². The smallest absolute Gasteiger partial charge is 0.234 e. The van der Waals surface area contributed by atoms with Crippen molar-refractivity contribution in [2.45, 2.75) is 18.9 Å². The van der Waals surface area contributed by atoms with Gasteiger partial charge < -0.3 is 4.74 Å². The van der Waals surface area contributed by atoms with Crippen LogP contribution in [-0.2, 0) is 9.53 Å². The van der Waals surface area contributed by atoms with Crippen LogP contribution in [0.3, 0.4) is 0 Å². The van der Waals surface area contributed by atoms with Gasteiger partial charge in [0.05, 0.1) is 4.48 Å². The molecule has 1 unspecified atom stereocenters. The number of rotatable bonds is 0. The van der Waals surface area contributed by atoms with E-state index in [1.165, 1.54) is 0 Å². The summed E-state index contributed by atoms with van der Waals surface area (Å²) >= 11 is 3.20. The summed E-state index contributed by atoms with van der Waals surface area (Å²) in [7, 11) is 0. The first-order valence-electron chi connectivity index (χ1n) is 3.43. The number of fused-ring (bicyclic) bond motifs is 2. The highest BCUT2D eigenvalue weighted by Gasteiger charge is 2.38. The minimum absolute atomic E-state index is 0.0417. The molecule has 2 aliphatic heterocycles. The van der Waals surface area contributed by atoms with Crippen molar-refractivity contribution >= 4 is 21.7 Å². The molecule has 0 amide bonds. The highest BCUT2D eigenvalue weighted by atomic mass is 79.9. The fourth-order valence-corrected chi connectivity index (χ4v) is 1.99. The molecule has 0 saturated carbocycles. The van der Waals surface area contributed by atoms with E-state index in [0.717, 1.165) is 6.42 Å². The van der Waals surface area contributed by atoms with Gasteiger partial charge in [-0.05, 0) is 35.0 Å². The van der Waals surface area contributed by atoms with Crippen molar-refractivity contribution in [2.75, 3.05) is 0 Å². The van der Waals surface area contributed by atoms with E-state index in [-0.39, 0.29) is 11.4 Å². The minimum atomic E-state index is -0.276. The number of carbonyl (C=O) groups is 1. The maximum atomic E-state index is 11.2. The van der Waals surface area contributed by atoms with Gasteiger partial charge in [0, 0.05) is 6.42 Å².